The summed E-state index contributed by atoms with van der Waals surface area (Å²) >= 11 is 0. The first-order valence-corrected chi connectivity index (χ1v) is 12.6. The second-order valence-electron chi connectivity index (χ2n) is 8.10. The van der Waals surface area contributed by atoms with Crippen molar-refractivity contribution in [3.63, 3.8) is 0 Å². The molecule has 0 saturated carbocycles. The molecule has 0 aliphatic rings. The van der Waals surface area contributed by atoms with Crippen LogP contribution in [0.2, 0.25) is 0 Å². The van der Waals surface area contributed by atoms with Crippen molar-refractivity contribution >= 4 is 24.0 Å². The fourth-order valence-electron chi connectivity index (χ4n) is 3.81. The van der Waals surface area contributed by atoms with E-state index in [2.05, 4.69) is 96.1 Å². The summed E-state index contributed by atoms with van der Waals surface area (Å²) in [6.45, 7) is 13.9. The van der Waals surface area contributed by atoms with Gasteiger partial charge >= 0.3 is 21.7 Å². The summed E-state index contributed by atoms with van der Waals surface area (Å²) in [5.74, 6) is 0. The summed E-state index contributed by atoms with van der Waals surface area (Å²) in [5, 5.41) is 4.42. The van der Waals surface area contributed by atoms with E-state index < -0.39 is 0 Å². The SMILES string of the molecule is CCC(C)P(c1cc2ccccc2[cH-]1)C(C)CC.CCCC[c-]1cccc1C.[Cl-].[Cl-].[Ti+4]. The van der Waals surface area contributed by atoms with E-state index in [-0.39, 0.29) is 54.5 Å². The van der Waals surface area contributed by atoms with Crippen LogP contribution in [0.25, 0.3) is 10.8 Å². The van der Waals surface area contributed by atoms with Crippen molar-refractivity contribution in [1.82, 2.24) is 0 Å². The zero-order chi connectivity index (χ0) is 20.5. The average Bonchev–Trinajstić information content (AvgIpc) is 3.32. The van der Waals surface area contributed by atoms with Crippen LogP contribution >= 0.6 is 7.92 Å². The maximum Gasteiger partial charge on any atom is 4.00 e. The molecule has 3 rings (SSSR count). The number of fused-ring (bicyclic) bond motifs is 1. The van der Waals surface area contributed by atoms with Crippen LogP contribution in [0.3, 0.4) is 0 Å². The fourth-order valence-corrected chi connectivity index (χ4v) is 7.06. The normalized spacial score (nSPS) is 13.0. The van der Waals surface area contributed by atoms with E-state index in [0.717, 1.165) is 11.3 Å². The number of rotatable bonds is 8. The van der Waals surface area contributed by atoms with Gasteiger partial charge in [-0.15, -0.1) is 40.3 Å². The standard InChI is InChI=1S/C17H24P.C10H15.2ClH.Ti/c1-5-13(3)18(14(4)6-2)17-11-15-9-7-8-10-16(15)12-17;1-3-4-7-10-8-5-6-9(10)2;;;/h7-14H,5-6H2,1-4H3;5-6,8H,3-4,7H2,1-2H3;2*1H;/q2*-1;;;+4/p-2. The first kappa shape index (κ1) is 33.1. The summed E-state index contributed by atoms with van der Waals surface area (Å²) in [6, 6.07) is 20.2. The smallest absolute Gasteiger partial charge is 1.00 e. The molecule has 0 aromatic heterocycles. The number of hydrogen-bond donors (Lipinski definition) is 0. The van der Waals surface area contributed by atoms with Gasteiger partial charge in [0, 0.05) is 0 Å². The minimum Gasteiger partial charge on any atom is -1.00 e. The van der Waals surface area contributed by atoms with E-state index in [0.29, 0.717) is 0 Å². The number of unbranched alkanes of at least 4 members (excludes halogenated alkanes) is 1. The van der Waals surface area contributed by atoms with Gasteiger partial charge in [-0.2, -0.15) is 23.3 Å². The fraction of sp³-hybridized carbons (Fsp3) is 0.481. The Bertz CT molecular complexity index is 780. The summed E-state index contributed by atoms with van der Waals surface area (Å²) in [7, 11) is -0.0252. The molecule has 0 spiro atoms. The first-order valence-electron chi connectivity index (χ1n) is 11.2. The quantitative estimate of drug-likeness (QED) is 0.247. The van der Waals surface area contributed by atoms with Gasteiger partial charge in [0.1, 0.15) is 0 Å². The summed E-state index contributed by atoms with van der Waals surface area (Å²) < 4.78 is 0. The first-order chi connectivity index (χ1) is 13.5. The van der Waals surface area contributed by atoms with Crippen LogP contribution in [0.4, 0.5) is 0 Å². The largest absolute Gasteiger partial charge is 4.00 e. The molecular weight excluding hydrogens is 474 g/mol. The van der Waals surface area contributed by atoms with E-state index >= 15 is 0 Å². The molecule has 2 unspecified atom stereocenters. The molecule has 3 aromatic carbocycles. The molecule has 0 fully saturated rings. The summed E-state index contributed by atoms with van der Waals surface area (Å²) in [4.78, 5) is 0. The molecule has 2 atom stereocenters. The van der Waals surface area contributed by atoms with Gasteiger partial charge in [0.2, 0.25) is 0 Å². The monoisotopic (exact) mass is 512 g/mol. The number of aryl methyl sites for hydroxylation is 2. The molecule has 0 N–H and O–H groups in total. The van der Waals surface area contributed by atoms with Crippen molar-refractivity contribution in [1.29, 1.82) is 0 Å². The van der Waals surface area contributed by atoms with Crippen LogP contribution in [0.5, 0.6) is 0 Å². The maximum absolute atomic E-state index is 2.43. The number of hydrogen-bond acceptors (Lipinski definition) is 0. The molecule has 0 aliphatic carbocycles. The van der Waals surface area contributed by atoms with E-state index in [1.54, 1.807) is 5.30 Å². The van der Waals surface area contributed by atoms with E-state index in [1.165, 1.54) is 54.0 Å². The van der Waals surface area contributed by atoms with Crippen molar-refractivity contribution in [3.8, 4) is 0 Å². The minimum absolute atomic E-state index is 0. The third kappa shape index (κ3) is 9.74. The second-order valence-corrected chi connectivity index (χ2v) is 11.2. The topological polar surface area (TPSA) is 0 Å². The summed E-state index contributed by atoms with van der Waals surface area (Å²) in [5.41, 5.74) is 4.63. The molecule has 0 saturated heterocycles. The predicted molar refractivity (Wildman–Crippen MR) is 131 cm³/mol. The molecule has 0 radical (unpaired) electrons. The Balaban J connectivity index is 0. The number of halogens is 2. The van der Waals surface area contributed by atoms with Crippen LogP contribution < -0.4 is 30.1 Å². The summed E-state index contributed by atoms with van der Waals surface area (Å²) in [6.07, 6.45) is 6.46. The molecule has 170 valence electrons. The Morgan fingerprint density at radius 2 is 1.55 bits per heavy atom. The zero-order valence-corrected chi connectivity index (χ0v) is 24.1. The minimum atomic E-state index is -0.0252. The Morgan fingerprint density at radius 1 is 0.935 bits per heavy atom. The molecule has 0 bridgehead atoms. The van der Waals surface area contributed by atoms with E-state index in [1.807, 2.05) is 0 Å². The van der Waals surface area contributed by atoms with Gasteiger partial charge in [-0.1, -0.05) is 74.8 Å². The van der Waals surface area contributed by atoms with Crippen LogP contribution in [-0.4, -0.2) is 11.3 Å². The molecule has 31 heavy (non-hydrogen) atoms. The van der Waals surface area contributed by atoms with Gasteiger partial charge in [-0.05, 0) is 24.2 Å². The van der Waals surface area contributed by atoms with Gasteiger partial charge in [0.15, 0.2) is 0 Å². The van der Waals surface area contributed by atoms with Crippen molar-refractivity contribution < 1.29 is 46.5 Å². The van der Waals surface area contributed by atoms with Crippen LogP contribution in [0.1, 0.15) is 71.4 Å². The van der Waals surface area contributed by atoms with Crippen molar-refractivity contribution in [2.24, 2.45) is 0 Å². The molecule has 0 nitrogen and oxygen atoms in total. The van der Waals surface area contributed by atoms with Crippen molar-refractivity contribution in [2.45, 2.75) is 85.0 Å². The van der Waals surface area contributed by atoms with Gasteiger partial charge in [0.05, 0.1) is 0 Å². The van der Waals surface area contributed by atoms with Crippen molar-refractivity contribution in [3.05, 3.63) is 65.7 Å². The van der Waals surface area contributed by atoms with Crippen LogP contribution in [-0.2, 0) is 28.1 Å². The average molecular weight is 513 g/mol. The molecule has 4 heteroatoms. The molecule has 3 aromatic rings. The number of benzene rings is 1. The van der Waals surface area contributed by atoms with Gasteiger partial charge in [0.25, 0.3) is 0 Å². The molecule has 0 amide bonds. The van der Waals surface area contributed by atoms with E-state index in [9.17, 15) is 0 Å². The maximum atomic E-state index is 2.43. The predicted octanol–water partition coefficient (Wildman–Crippen LogP) is 2.32. The van der Waals surface area contributed by atoms with Crippen LogP contribution in [0.15, 0.2) is 54.6 Å². The third-order valence-corrected chi connectivity index (χ3v) is 9.47. The Labute approximate surface area is 220 Å². The van der Waals surface area contributed by atoms with Crippen molar-refractivity contribution in [2.75, 3.05) is 0 Å². The van der Waals surface area contributed by atoms with Gasteiger partial charge in [-0.3, -0.25) is 0 Å². The van der Waals surface area contributed by atoms with E-state index in [4.69, 9.17) is 0 Å². The Morgan fingerprint density at radius 3 is 2.03 bits per heavy atom. The van der Waals surface area contributed by atoms with Crippen LogP contribution in [0, 0.1) is 6.92 Å². The third-order valence-electron chi connectivity index (χ3n) is 5.98. The molecule has 0 aliphatic heterocycles. The van der Waals surface area contributed by atoms with Gasteiger partial charge in [-0.25, -0.2) is 12.1 Å². The Hall–Kier alpha value is -0.0957. The van der Waals surface area contributed by atoms with Gasteiger partial charge < -0.3 is 24.8 Å². The second kappa shape index (κ2) is 17.4. The molecule has 0 heterocycles. The Kier molecular flexibility index (Phi) is 18.6. The zero-order valence-electron chi connectivity index (χ0n) is 20.1. The molecular formula is C27H39Cl2PTi.